The van der Waals surface area contributed by atoms with Gasteiger partial charge in [-0.15, -0.1) is 0 Å². The number of ether oxygens (including phenoxy) is 4. The van der Waals surface area contributed by atoms with Crippen LogP contribution in [0.1, 0.15) is 167 Å². The zero-order valence-electron chi connectivity index (χ0n) is 33.0. The van der Waals surface area contributed by atoms with Gasteiger partial charge in [-0.25, -0.2) is 4.79 Å². The number of fused-ring (bicyclic) bond motifs is 2. The summed E-state index contributed by atoms with van der Waals surface area (Å²) >= 11 is 0. The van der Waals surface area contributed by atoms with Crippen molar-refractivity contribution in [3.8, 4) is 11.5 Å². The number of rotatable bonds is 7. The van der Waals surface area contributed by atoms with E-state index in [1.54, 1.807) is 60.7 Å². The van der Waals surface area contributed by atoms with Gasteiger partial charge in [0, 0.05) is 86.4 Å². The fourth-order valence-corrected chi connectivity index (χ4v) is 4.25. The maximum atomic E-state index is 11.9. The Hall–Kier alpha value is -4.25. The van der Waals surface area contributed by atoms with Crippen LogP contribution in [-0.2, 0) is 89.2 Å². The van der Waals surface area contributed by atoms with E-state index in [0.717, 1.165) is 15.4 Å². The molecule has 0 saturated heterocycles. The summed E-state index contributed by atoms with van der Waals surface area (Å²) in [5, 5.41) is 31.5. The average molecular weight is 1150 g/mol. The van der Waals surface area contributed by atoms with Crippen LogP contribution in [0.5, 0.6) is 11.5 Å². The van der Waals surface area contributed by atoms with Gasteiger partial charge in [0.15, 0.2) is 20.4 Å². The van der Waals surface area contributed by atoms with Crippen molar-refractivity contribution in [3.05, 3.63) is 130 Å². The van der Waals surface area contributed by atoms with E-state index < -0.39 is 30.5 Å². The number of carbonyl (C=O) groups is 6. The molecule has 2 aliphatic rings. The molecule has 402 valence electrons. The van der Waals surface area contributed by atoms with Crippen molar-refractivity contribution in [2.24, 2.45) is 0 Å². The Morgan fingerprint density at radius 2 is 0.800 bits per heavy atom. The SMILES string of the molecule is C.C.C.C.C.C.C.C.C.C.C.C.CC.CC(=O)OCOCOCOC(=O)c1ccc2c(c1)C(=O)N(C)C2=O.Cc1ccc2c(c1)C(=O)N(C)C2=O.OCO.Oc1ccccc1.Oc1ccccc1.[Y].[Y]. The van der Waals surface area contributed by atoms with E-state index in [2.05, 4.69) is 4.74 Å². The normalized spacial score (nSPS) is 9.31. The molecule has 2 aliphatic heterocycles. The third-order valence-electron chi connectivity index (χ3n) is 6.87. The van der Waals surface area contributed by atoms with Crippen LogP contribution in [-0.4, -0.2) is 107 Å². The zero-order chi connectivity index (χ0) is 42.2. The number of hydrogen-bond donors (Lipinski definition) is 4. The third-order valence-corrected chi connectivity index (χ3v) is 6.87. The minimum Gasteiger partial charge on any atom is -0.508 e. The molecule has 16 nitrogen and oxygen atoms in total. The van der Waals surface area contributed by atoms with Crippen molar-refractivity contribution in [2.45, 2.75) is 117 Å². The molecule has 4 aromatic carbocycles. The number of esters is 2. The number of aliphatic hydroxyl groups is 2. The number of para-hydroxylation sites is 2. The molecular weight excluding hydrogens is 1050 g/mol. The molecule has 6 rings (SSSR count). The van der Waals surface area contributed by atoms with Gasteiger partial charge in [0.25, 0.3) is 23.6 Å². The number of amides is 4. The predicted octanol–water partition coefficient (Wildman–Crippen LogP) is 12.1. The number of phenolic OH excluding ortho intramolecular Hbond substituents is 2. The molecule has 70 heavy (non-hydrogen) atoms. The van der Waals surface area contributed by atoms with Gasteiger partial charge in [-0.1, -0.05) is 151 Å². The molecule has 4 aromatic rings. The molecule has 0 bridgehead atoms. The summed E-state index contributed by atoms with van der Waals surface area (Å²) in [5.41, 5.74) is 2.55. The van der Waals surface area contributed by atoms with E-state index in [9.17, 15) is 28.8 Å². The second-order valence-corrected chi connectivity index (χ2v) is 10.8. The van der Waals surface area contributed by atoms with Crippen LogP contribution in [0.15, 0.2) is 97.1 Å². The van der Waals surface area contributed by atoms with Crippen LogP contribution in [0.4, 0.5) is 0 Å². The number of hydrogen-bond acceptors (Lipinski definition) is 14. The quantitative estimate of drug-likeness (QED) is 0.0584. The number of phenols is 2. The maximum absolute atomic E-state index is 11.9. The fraction of sp³-hybridized carbons (Fsp3) is 0.423. The minimum atomic E-state index is -0.750. The molecule has 0 atom stereocenters. The Labute approximate surface area is 475 Å². The Balaban J connectivity index is -0.0000000493. The second-order valence-electron chi connectivity index (χ2n) is 10.8. The van der Waals surface area contributed by atoms with Crippen molar-refractivity contribution in [3.63, 3.8) is 0 Å². The van der Waals surface area contributed by atoms with Gasteiger partial charge >= 0.3 is 11.9 Å². The standard InChI is InChI=1S/C15H15NO8.C10H9NO2.2C6H6O.C2H6.CH4O2.12CH4.2Y/c1-9(17)23-7-21-6-22-8-24-15(20)10-3-4-11-12(5-10)14(19)16(2)13(11)18;1-6-3-4-7-8(5-6)10(13)11(2)9(7)12;2*7-6-4-2-1-3-5-6;1-2;2-1-3;;;;;;;;;;;;;;/h3-5H,6-8H2,1-2H3;3-5H,1-2H3;2*1-5,7H;1-2H3;2-3H,1H2;12*1H4;;. The summed E-state index contributed by atoms with van der Waals surface area (Å²) in [6, 6.07) is 26.8. The average Bonchev–Trinajstić information content (AvgIpc) is 3.54. The van der Waals surface area contributed by atoms with Crippen molar-refractivity contribution in [1.82, 2.24) is 9.80 Å². The van der Waals surface area contributed by atoms with Crippen LogP contribution >= 0.6 is 0 Å². The Morgan fingerprint density at radius 3 is 1.13 bits per heavy atom. The predicted molar refractivity (Wildman–Crippen MR) is 282 cm³/mol. The van der Waals surface area contributed by atoms with Crippen LogP contribution in [0.3, 0.4) is 0 Å². The molecule has 2 heterocycles. The zero-order valence-corrected chi connectivity index (χ0v) is 38.7. The Morgan fingerprint density at radius 1 is 0.486 bits per heavy atom. The van der Waals surface area contributed by atoms with E-state index >= 15 is 0 Å². The molecular formula is C52H94N2O14Y2. The first kappa shape index (κ1) is 103. The summed E-state index contributed by atoms with van der Waals surface area (Å²) in [4.78, 5) is 71.0. The van der Waals surface area contributed by atoms with E-state index in [1.165, 1.54) is 39.2 Å². The van der Waals surface area contributed by atoms with Crippen molar-refractivity contribution >= 4 is 35.6 Å². The minimum absolute atomic E-state index is 0. The van der Waals surface area contributed by atoms with Gasteiger partial charge in [-0.2, -0.15) is 0 Å². The number of imide groups is 2. The summed E-state index contributed by atoms with van der Waals surface area (Å²) in [6.45, 7) is 5.50. The topological polar surface area (TPSA) is 227 Å². The smallest absolute Gasteiger partial charge is 0.340 e. The van der Waals surface area contributed by atoms with E-state index in [1.807, 2.05) is 39.0 Å². The number of carbonyl (C=O) groups excluding carboxylic acids is 6. The van der Waals surface area contributed by atoms with Crippen LogP contribution < -0.4 is 0 Å². The fourth-order valence-electron chi connectivity index (χ4n) is 4.25. The van der Waals surface area contributed by atoms with E-state index in [4.69, 9.17) is 34.6 Å². The van der Waals surface area contributed by atoms with Gasteiger partial charge in [0.1, 0.15) is 18.3 Å². The molecule has 18 heteroatoms. The number of aryl methyl sites for hydroxylation is 1. The van der Waals surface area contributed by atoms with Crippen molar-refractivity contribution < 1.29 is 134 Å². The molecule has 4 N–H and O–H groups in total. The van der Waals surface area contributed by atoms with Crippen LogP contribution in [0.25, 0.3) is 0 Å². The number of aliphatic hydroxyl groups excluding tert-OH is 1. The summed E-state index contributed by atoms with van der Waals surface area (Å²) in [7, 11) is 2.87. The number of aromatic hydroxyl groups is 2. The van der Waals surface area contributed by atoms with E-state index in [-0.39, 0.29) is 203 Å². The summed E-state index contributed by atoms with van der Waals surface area (Å²) in [6.07, 6.45) is 0. The van der Waals surface area contributed by atoms with Gasteiger partial charge in [-0.05, 0) is 61.5 Å². The van der Waals surface area contributed by atoms with E-state index in [0.29, 0.717) is 22.6 Å². The molecule has 0 unspecified atom stereocenters. The third kappa shape index (κ3) is 35.8. The van der Waals surface area contributed by atoms with Crippen molar-refractivity contribution in [1.29, 1.82) is 0 Å². The molecule has 0 aromatic heterocycles. The first-order valence-electron chi connectivity index (χ1n) is 16.8. The van der Waals surface area contributed by atoms with Gasteiger partial charge < -0.3 is 39.4 Å². The molecule has 4 amide bonds. The summed E-state index contributed by atoms with van der Waals surface area (Å²) in [5.74, 6) is -1.86. The Bertz CT molecular complexity index is 1870. The largest absolute Gasteiger partial charge is 0.508 e. The number of nitrogens with zero attached hydrogens (tertiary/aromatic N) is 2. The van der Waals surface area contributed by atoms with Gasteiger partial charge in [-0.3, -0.25) is 33.8 Å². The molecule has 0 aliphatic carbocycles. The van der Waals surface area contributed by atoms with Crippen LogP contribution in [0, 0.1) is 6.92 Å². The molecule has 0 spiro atoms. The monoisotopic (exact) mass is 1150 g/mol. The Kier molecular flexibility index (Phi) is 84.3. The first-order valence-corrected chi connectivity index (χ1v) is 16.8. The molecule has 0 saturated carbocycles. The van der Waals surface area contributed by atoms with Crippen molar-refractivity contribution in [2.75, 3.05) is 41.3 Å². The molecule has 2 radical (unpaired) electrons. The summed E-state index contributed by atoms with van der Waals surface area (Å²) < 4.78 is 19.0. The second kappa shape index (κ2) is 57.3. The number of benzene rings is 4. The van der Waals surface area contributed by atoms with Crippen LogP contribution in [0.2, 0.25) is 0 Å². The molecule has 0 fully saturated rings. The maximum Gasteiger partial charge on any atom is 0.340 e. The van der Waals surface area contributed by atoms with Gasteiger partial charge in [0.05, 0.1) is 27.8 Å². The first-order chi connectivity index (χ1) is 26.7. The van der Waals surface area contributed by atoms with Gasteiger partial charge in [0.2, 0.25) is 0 Å².